The largest absolute Gasteiger partial charge is 0.380 e. The highest BCUT2D eigenvalue weighted by Gasteiger charge is 2.03. The van der Waals surface area contributed by atoms with Crippen molar-refractivity contribution in [2.45, 2.75) is 0 Å². The van der Waals surface area contributed by atoms with Gasteiger partial charge in [0.05, 0.1) is 5.39 Å². The van der Waals surface area contributed by atoms with Crippen LogP contribution in [0.2, 0.25) is 0 Å². The molecule has 1 heterocycles. The second-order valence-corrected chi connectivity index (χ2v) is 3.27. The Labute approximate surface area is 87.0 Å². The maximum Gasteiger partial charge on any atom is 0.174 e. The first-order valence-corrected chi connectivity index (χ1v) is 4.87. The quantitative estimate of drug-likeness (QED) is 0.741. The molecule has 2 N–H and O–H groups in total. The average Bonchev–Trinajstić information content (AvgIpc) is 2.57. The van der Waals surface area contributed by atoms with Gasteiger partial charge in [-0.1, -0.05) is 23.4 Å². The Bertz CT molecular complexity index is 476. The van der Waals surface area contributed by atoms with Crippen molar-refractivity contribution in [2.24, 2.45) is 0 Å². The van der Waals surface area contributed by atoms with Crippen LogP contribution in [0.5, 0.6) is 0 Å². The summed E-state index contributed by atoms with van der Waals surface area (Å²) in [6.07, 6.45) is 3.95. The van der Waals surface area contributed by atoms with Gasteiger partial charge < -0.3 is 10.3 Å². The topological polar surface area (TPSA) is 52.0 Å². The lowest BCUT2D eigenvalue weighted by atomic mass is 10.1. The highest BCUT2D eigenvalue weighted by atomic mass is 32.1. The van der Waals surface area contributed by atoms with Crippen molar-refractivity contribution in [1.29, 1.82) is 0 Å². The monoisotopic (exact) mass is 206 g/mol. The van der Waals surface area contributed by atoms with E-state index in [9.17, 15) is 0 Å². The number of thiol groups is 1. The van der Waals surface area contributed by atoms with Gasteiger partial charge in [0.25, 0.3) is 0 Å². The Morgan fingerprint density at radius 2 is 2.36 bits per heavy atom. The molecule has 0 spiro atoms. The highest BCUT2D eigenvalue weighted by molar-refractivity contribution is 7.80. The Balaban J connectivity index is 2.49. The smallest absolute Gasteiger partial charge is 0.174 e. The van der Waals surface area contributed by atoms with Crippen LogP contribution in [0.1, 0.15) is 5.56 Å². The van der Waals surface area contributed by atoms with Gasteiger partial charge in [-0.25, -0.2) is 0 Å². The van der Waals surface area contributed by atoms with E-state index < -0.39 is 0 Å². The van der Waals surface area contributed by atoms with E-state index in [0.29, 0.717) is 11.4 Å². The van der Waals surface area contributed by atoms with Gasteiger partial charge in [0.2, 0.25) is 0 Å². The van der Waals surface area contributed by atoms with Crippen LogP contribution in [-0.2, 0) is 0 Å². The van der Waals surface area contributed by atoms with E-state index in [1.807, 2.05) is 30.4 Å². The second-order valence-electron chi connectivity index (χ2n) is 2.91. The third kappa shape index (κ3) is 1.61. The van der Waals surface area contributed by atoms with E-state index in [2.05, 4.69) is 17.8 Å². The Kier molecular flexibility index (Phi) is 2.45. The number of hydrogen-bond acceptors (Lipinski definition) is 4. The molecule has 3 nitrogen and oxygen atoms in total. The summed E-state index contributed by atoms with van der Waals surface area (Å²) in [5, 5.41) is 4.53. The molecular weight excluding hydrogens is 196 g/mol. The fourth-order valence-electron chi connectivity index (χ4n) is 1.27. The van der Waals surface area contributed by atoms with E-state index in [4.69, 9.17) is 10.3 Å². The minimum Gasteiger partial charge on any atom is -0.380 e. The summed E-state index contributed by atoms with van der Waals surface area (Å²) in [6, 6.07) is 5.75. The minimum absolute atomic E-state index is 0.432. The van der Waals surface area contributed by atoms with Crippen LogP contribution in [0.15, 0.2) is 28.8 Å². The standard InChI is InChI=1S/C10H10N2OS/c11-10-8-6-7(2-1-5-14)3-4-9(8)13-12-10/h1-4,6,14H,5H2,(H2,11,12). The lowest BCUT2D eigenvalue weighted by Crippen LogP contribution is -1.83. The summed E-state index contributed by atoms with van der Waals surface area (Å²) < 4.78 is 4.99. The Hall–Kier alpha value is -1.42. The first-order chi connectivity index (χ1) is 6.81. The normalized spacial score (nSPS) is 11.5. The zero-order valence-electron chi connectivity index (χ0n) is 7.47. The molecule has 0 fully saturated rings. The summed E-state index contributed by atoms with van der Waals surface area (Å²) in [5.41, 5.74) is 7.41. The second kappa shape index (κ2) is 3.75. The third-order valence-corrected chi connectivity index (χ3v) is 2.15. The number of hydrogen-bond donors (Lipinski definition) is 2. The van der Waals surface area contributed by atoms with Crippen LogP contribution in [0.4, 0.5) is 5.82 Å². The summed E-state index contributed by atoms with van der Waals surface area (Å²) >= 11 is 4.09. The van der Waals surface area contributed by atoms with Crippen molar-refractivity contribution in [1.82, 2.24) is 5.16 Å². The zero-order chi connectivity index (χ0) is 9.97. The van der Waals surface area contributed by atoms with Crippen molar-refractivity contribution >= 4 is 35.5 Å². The van der Waals surface area contributed by atoms with Crippen molar-refractivity contribution in [2.75, 3.05) is 11.5 Å². The molecule has 0 aliphatic heterocycles. The molecule has 1 aromatic carbocycles. The van der Waals surface area contributed by atoms with Crippen molar-refractivity contribution < 1.29 is 4.52 Å². The van der Waals surface area contributed by atoms with E-state index in [-0.39, 0.29) is 0 Å². The van der Waals surface area contributed by atoms with Crippen molar-refractivity contribution in [3.05, 3.63) is 29.8 Å². The molecule has 1 aromatic heterocycles. The molecule has 0 unspecified atom stereocenters. The first kappa shape index (κ1) is 9.15. The number of nitrogen functional groups attached to an aromatic ring is 1. The fraction of sp³-hybridized carbons (Fsp3) is 0.100. The van der Waals surface area contributed by atoms with Gasteiger partial charge in [-0.3, -0.25) is 0 Å². The maximum atomic E-state index is 5.63. The lowest BCUT2D eigenvalue weighted by molar-refractivity contribution is 0.460. The summed E-state index contributed by atoms with van der Waals surface area (Å²) in [6.45, 7) is 0. The third-order valence-electron chi connectivity index (χ3n) is 1.94. The molecule has 72 valence electrons. The van der Waals surface area contributed by atoms with E-state index in [1.54, 1.807) is 0 Å². The van der Waals surface area contributed by atoms with E-state index >= 15 is 0 Å². The average molecular weight is 206 g/mol. The van der Waals surface area contributed by atoms with E-state index in [0.717, 1.165) is 16.7 Å². The molecule has 0 saturated carbocycles. The SMILES string of the molecule is Nc1noc2ccc(C=CCS)cc12. The zero-order valence-corrected chi connectivity index (χ0v) is 8.37. The predicted octanol–water partition coefficient (Wildman–Crippen LogP) is 2.35. The molecule has 0 atom stereocenters. The predicted molar refractivity (Wildman–Crippen MR) is 61.3 cm³/mol. The molecule has 2 rings (SSSR count). The maximum absolute atomic E-state index is 5.63. The number of benzene rings is 1. The van der Waals surface area contributed by atoms with Crippen LogP contribution in [-0.4, -0.2) is 10.9 Å². The van der Waals surface area contributed by atoms with Gasteiger partial charge >= 0.3 is 0 Å². The molecule has 2 aromatic rings. The van der Waals surface area contributed by atoms with Crippen LogP contribution in [0.25, 0.3) is 17.0 Å². The number of fused-ring (bicyclic) bond motifs is 1. The van der Waals surface area contributed by atoms with Gasteiger partial charge in [-0.15, -0.1) is 0 Å². The number of aromatic nitrogens is 1. The van der Waals surface area contributed by atoms with Gasteiger partial charge in [-0.2, -0.15) is 12.6 Å². The molecular formula is C10H10N2OS. The van der Waals surface area contributed by atoms with Crippen LogP contribution in [0.3, 0.4) is 0 Å². The first-order valence-electron chi connectivity index (χ1n) is 4.23. The van der Waals surface area contributed by atoms with Crippen LogP contribution in [0, 0.1) is 0 Å². The molecule has 0 bridgehead atoms. The van der Waals surface area contributed by atoms with Gasteiger partial charge in [-0.05, 0) is 17.7 Å². The molecule has 0 amide bonds. The van der Waals surface area contributed by atoms with Crippen molar-refractivity contribution in [3.8, 4) is 0 Å². The number of rotatable bonds is 2. The summed E-state index contributed by atoms with van der Waals surface area (Å²) in [5.74, 6) is 1.15. The van der Waals surface area contributed by atoms with Gasteiger partial charge in [0.15, 0.2) is 11.4 Å². The molecule has 0 saturated heterocycles. The Morgan fingerprint density at radius 1 is 1.50 bits per heavy atom. The molecule has 0 radical (unpaired) electrons. The fourth-order valence-corrected chi connectivity index (χ4v) is 1.37. The Morgan fingerprint density at radius 3 is 3.14 bits per heavy atom. The summed E-state index contributed by atoms with van der Waals surface area (Å²) in [4.78, 5) is 0. The van der Waals surface area contributed by atoms with Crippen LogP contribution < -0.4 is 5.73 Å². The van der Waals surface area contributed by atoms with Gasteiger partial charge in [0, 0.05) is 5.75 Å². The molecule has 0 aliphatic rings. The van der Waals surface area contributed by atoms with Crippen LogP contribution >= 0.6 is 12.6 Å². The lowest BCUT2D eigenvalue weighted by Gasteiger charge is -1.92. The number of nitrogens with two attached hydrogens (primary N) is 1. The van der Waals surface area contributed by atoms with Crippen molar-refractivity contribution in [3.63, 3.8) is 0 Å². The number of anilines is 1. The van der Waals surface area contributed by atoms with Gasteiger partial charge in [0.1, 0.15) is 0 Å². The highest BCUT2D eigenvalue weighted by Crippen LogP contribution is 2.21. The molecule has 0 aliphatic carbocycles. The molecule has 4 heteroatoms. The molecule has 14 heavy (non-hydrogen) atoms. The number of nitrogens with zero attached hydrogens (tertiary/aromatic N) is 1. The van der Waals surface area contributed by atoms with E-state index in [1.165, 1.54) is 0 Å². The summed E-state index contributed by atoms with van der Waals surface area (Å²) in [7, 11) is 0. The minimum atomic E-state index is 0.432.